The number of aromatic hydroxyl groups is 1. The van der Waals surface area contributed by atoms with E-state index >= 15 is 0 Å². The third-order valence-electron chi connectivity index (χ3n) is 8.12. The number of phenolic OH excluding ortho intramolecular Hbond substituents is 1. The highest BCUT2D eigenvalue weighted by atomic mass is 16.3. The highest BCUT2D eigenvalue weighted by Crippen LogP contribution is 2.41. The van der Waals surface area contributed by atoms with E-state index in [9.17, 15) is 10.2 Å². The molecule has 0 saturated heterocycles. The molecule has 0 spiro atoms. The van der Waals surface area contributed by atoms with E-state index in [2.05, 4.69) is 71.9 Å². The van der Waals surface area contributed by atoms with Crippen molar-refractivity contribution in [2.45, 2.75) is 118 Å². The van der Waals surface area contributed by atoms with Gasteiger partial charge in [0, 0.05) is 5.41 Å². The quantitative estimate of drug-likeness (QED) is 0.299. The summed E-state index contributed by atoms with van der Waals surface area (Å²) in [7, 11) is 0. The van der Waals surface area contributed by atoms with Crippen LogP contribution in [0.15, 0.2) is 36.4 Å². The fourth-order valence-corrected chi connectivity index (χ4v) is 5.32. The fourth-order valence-electron chi connectivity index (χ4n) is 5.32. The van der Waals surface area contributed by atoms with Gasteiger partial charge in [-0.25, -0.2) is 0 Å². The summed E-state index contributed by atoms with van der Waals surface area (Å²) < 4.78 is 0. The number of aliphatic hydroxyl groups is 1. The van der Waals surface area contributed by atoms with Crippen molar-refractivity contribution < 1.29 is 10.2 Å². The maximum Gasteiger partial charge on any atom is 0.118 e. The van der Waals surface area contributed by atoms with E-state index in [1.54, 1.807) is 0 Å². The van der Waals surface area contributed by atoms with Crippen molar-refractivity contribution in [3.63, 3.8) is 0 Å². The normalized spacial score (nSPS) is 13.3. The van der Waals surface area contributed by atoms with Gasteiger partial charge in [-0.1, -0.05) is 90.6 Å². The minimum absolute atomic E-state index is 0.0299. The lowest BCUT2D eigenvalue weighted by molar-refractivity contribution is 0.0356. The summed E-state index contributed by atoms with van der Waals surface area (Å²) in [6, 6.07) is 13.0. The largest absolute Gasteiger partial charge is 0.508 e. The molecule has 2 N–H and O–H groups in total. The molecule has 2 aromatic rings. The molecule has 2 rings (SSSR count). The molecule has 0 radical (unpaired) electrons. The highest BCUT2D eigenvalue weighted by molar-refractivity contribution is 5.46. The van der Waals surface area contributed by atoms with E-state index in [1.807, 2.05) is 13.0 Å². The Kier molecular flexibility index (Phi) is 10.0. The molecule has 0 aromatic heterocycles. The first-order chi connectivity index (χ1) is 15.6. The van der Waals surface area contributed by atoms with E-state index < -0.39 is 0 Å². The molecule has 0 bridgehead atoms. The van der Waals surface area contributed by atoms with Crippen LogP contribution in [0.2, 0.25) is 0 Å². The molecule has 2 nitrogen and oxygen atoms in total. The number of rotatable bonds is 13. The Bertz CT molecular complexity index is 876. The first-order valence-electron chi connectivity index (χ1n) is 13.2. The van der Waals surface area contributed by atoms with Crippen LogP contribution in [-0.4, -0.2) is 16.3 Å². The molecule has 0 aliphatic carbocycles. The maximum atomic E-state index is 10.9. The van der Waals surface area contributed by atoms with Crippen molar-refractivity contribution in [3.05, 3.63) is 64.2 Å². The Morgan fingerprint density at radius 2 is 1.42 bits per heavy atom. The second kappa shape index (κ2) is 12.1. The van der Waals surface area contributed by atoms with Crippen molar-refractivity contribution in [2.75, 3.05) is 0 Å². The Hall–Kier alpha value is -1.80. The molecular weight excluding hydrogens is 404 g/mol. The predicted octanol–water partition coefficient (Wildman–Crippen LogP) is 8.41. The van der Waals surface area contributed by atoms with Crippen molar-refractivity contribution in [1.29, 1.82) is 0 Å². The number of unbranched alkanes of at least 4 members (excludes halogenated alkanes) is 3. The van der Waals surface area contributed by atoms with Gasteiger partial charge in [0.2, 0.25) is 0 Å². The Labute approximate surface area is 203 Å². The molecule has 2 aromatic carbocycles. The van der Waals surface area contributed by atoms with Gasteiger partial charge in [0.1, 0.15) is 5.75 Å². The summed E-state index contributed by atoms with van der Waals surface area (Å²) in [5, 5.41) is 20.9. The lowest BCUT2D eigenvalue weighted by Gasteiger charge is -2.34. The molecule has 33 heavy (non-hydrogen) atoms. The van der Waals surface area contributed by atoms with E-state index in [0.29, 0.717) is 5.75 Å². The van der Waals surface area contributed by atoms with Crippen molar-refractivity contribution in [1.82, 2.24) is 0 Å². The second-order valence-corrected chi connectivity index (χ2v) is 10.8. The van der Waals surface area contributed by atoms with Gasteiger partial charge in [-0.3, -0.25) is 0 Å². The molecule has 0 amide bonds. The molecule has 1 atom stereocenters. The van der Waals surface area contributed by atoms with Crippen LogP contribution in [0.1, 0.15) is 114 Å². The van der Waals surface area contributed by atoms with Crippen LogP contribution in [0.25, 0.3) is 0 Å². The summed E-state index contributed by atoms with van der Waals surface area (Å²) in [5.74, 6) is 0.359. The highest BCUT2D eigenvalue weighted by Gasteiger charge is 2.32. The molecule has 0 fully saturated rings. The second-order valence-electron chi connectivity index (χ2n) is 10.8. The number of hydrogen-bond donors (Lipinski definition) is 2. The smallest absolute Gasteiger partial charge is 0.118 e. The van der Waals surface area contributed by atoms with Gasteiger partial charge >= 0.3 is 0 Å². The van der Waals surface area contributed by atoms with Gasteiger partial charge in [-0.05, 0) is 85.3 Å². The first-order valence-corrected chi connectivity index (χ1v) is 13.2. The summed E-state index contributed by atoms with van der Waals surface area (Å²) in [6.07, 6.45) is 9.58. The van der Waals surface area contributed by atoms with Gasteiger partial charge in [0.15, 0.2) is 0 Å². The molecule has 0 heterocycles. The van der Waals surface area contributed by atoms with Crippen LogP contribution in [0.4, 0.5) is 0 Å². The number of benzene rings is 2. The first kappa shape index (κ1) is 27.4. The van der Waals surface area contributed by atoms with E-state index in [0.717, 1.165) is 37.7 Å². The lowest BCUT2D eigenvalue weighted by Crippen LogP contribution is -2.30. The Morgan fingerprint density at radius 3 is 1.97 bits per heavy atom. The lowest BCUT2D eigenvalue weighted by atomic mass is 9.69. The summed E-state index contributed by atoms with van der Waals surface area (Å²) in [4.78, 5) is 0. The molecule has 0 saturated carbocycles. The number of aryl methyl sites for hydroxylation is 3. The average molecular weight is 453 g/mol. The van der Waals surface area contributed by atoms with Gasteiger partial charge in [-0.15, -0.1) is 0 Å². The van der Waals surface area contributed by atoms with E-state index in [-0.39, 0.29) is 16.9 Å². The molecular formula is C31H48O2. The van der Waals surface area contributed by atoms with Gasteiger partial charge < -0.3 is 10.2 Å². The average Bonchev–Trinajstić information content (AvgIpc) is 2.79. The molecule has 2 heteroatoms. The summed E-state index contributed by atoms with van der Waals surface area (Å²) in [6.45, 7) is 15.4. The monoisotopic (exact) mass is 452 g/mol. The van der Waals surface area contributed by atoms with Gasteiger partial charge in [-0.2, -0.15) is 0 Å². The zero-order valence-electron chi connectivity index (χ0n) is 22.3. The Balaban J connectivity index is 2.17. The molecule has 0 aliphatic heterocycles. The topological polar surface area (TPSA) is 40.5 Å². The number of phenols is 1. The van der Waals surface area contributed by atoms with Crippen LogP contribution in [-0.2, 0) is 11.8 Å². The molecule has 1 unspecified atom stereocenters. The fraction of sp³-hybridized carbons (Fsp3) is 0.613. The SMILES string of the molecule is CCCCCCC(C)(C)C(O)CCc1ccc(C(CC)(CC)c2ccc(O)c(C)c2)cc1C. The molecule has 184 valence electrons. The minimum atomic E-state index is -0.274. The standard InChI is InChI=1S/C31H48O2/c1-8-11-12-13-20-30(6,7)29(33)19-15-25-14-16-26(21-23(25)4)31(9-2,10-3)27-17-18-28(32)24(5)22-27/h14,16-18,21-22,29,32-33H,8-13,15,19-20H2,1-7H3. The molecule has 0 aliphatic rings. The van der Waals surface area contributed by atoms with Crippen LogP contribution >= 0.6 is 0 Å². The van der Waals surface area contributed by atoms with Crippen LogP contribution in [0.5, 0.6) is 5.75 Å². The number of aliphatic hydroxyl groups excluding tert-OH is 1. The van der Waals surface area contributed by atoms with Crippen LogP contribution in [0.3, 0.4) is 0 Å². The van der Waals surface area contributed by atoms with Crippen LogP contribution in [0, 0.1) is 19.3 Å². The summed E-state index contributed by atoms with van der Waals surface area (Å²) in [5.41, 5.74) is 6.11. The zero-order chi connectivity index (χ0) is 24.6. The third kappa shape index (κ3) is 6.63. The minimum Gasteiger partial charge on any atom is -0.508 e. The Morgan fingerprint density at radius 1 is 0.818 bits per heavy atom. The van der Waals surface area contributed by atoms with E-state index in [1.165, 1.54) is 47.9 Å². The van der Waals surface area contributed by atoms with Crippen LogP contribution < -0.4 is 0 Å². The van der Waals surface area contributed by atoms with Crippen molar-refractivity contribution in [2.24, 2.45) is 5.41 Å². The zero-order valence-corrected chi connectivity index (χ0v) is 22.3. The van der Waals surface area contributed by atoms with Crippen molar-refractivity contribution >= 4 is 0 Å². The van der Waals surface area contributed by atoms with Gasteiger partial charge in [0.25, 0.3) is 0 Å². The summed E-state index contributed by atoms with van der Waals surface area (Å²) >= 11 is 0. The van der Waals surface area contributed by atoms with Crippen molar-refractivity contribution in [3.8, 4) is 5.75 Å². The predicted molar refractivity (Wildman–Crippen MR) is 142 cm³/mol. The third-order valence-corrected chi connectivity index (χ3v) is 8.12. The van der Waals surface area contributed by atoms with E-state index in [4.69, 9.17) is 0 Å². The number of hydrogen-bond acceptors (Lipinski definition) is 2. The van der Waals surface area contributed by atoms with Gasteiger partial charge in [0.05, 0.1) is 6.10 Å². The maximum absolute atomic E-state index is 10.9.